The molecule has 0 atom stereocenters. The van der Waals surface area contributed by atoms with Crippen LogP contribution in [0.3, 0.4) is 0 Å². The van der Waals surface area contributed by atoms with Crippen LogP contribution >= 0.6 is 0 Å². The molecule has 2 aromatic carbocycles. The van der Waals surface area contributed by atoms with Crippen molar-refractivity contribution in [1.29, 1.82) is 5.26 Å². The van der Waals surface area contributed by atoms with Gasteiger partial charge in [-0.2, -0.15) is 5.26 Å². The predicted octanol–water partition coefficient (Wildman–Crippen LogP) is 3.46. The van der Waals surface area contributed by atoms with Crippen molar-refractivity contribution in [3.8, 4) is 17.2 Å². The molecular formula is C18H17N3O. The summed E-state index contributed by atoms with van der Waals surface area (Å²) in [7, 11) is 1.78. The second-order valence-electron chi connectivity index (χ2n) is 5.67. The molecule has 0 aliphatic carbocycles. The number of rotatable bonds is 2. The van der Waals surface area contributed by atoms with Crippen LogP contribution in [0.5, 0.6) is 0 Å². The van der Waals surface area contributed by atoms with Gasteiger partial charge in [0.2, 0.25) is 0 Å². The van der Waals surface area contributed by atoms with E-state index in [2.05, 4.69) is 6.07 Å². The summed E-state index contributed by atoms with van der Waals surface area (Å²) in [6, 6.07) is 15.7. The summed E-state index contributed by atoms with van der Waals surface area (Å²) >= 11 is 0. The summed E-state index contributed by atoms with van der Waals surface area (Å²) < 4.78 is 3.45. The predicted molar refractivity (Wildman–Crippen MR) is 87.7 cm³/mol. The van der Waals surface area contributed by atoms with Crippen LogP contribution in [-0.2, 0) is 7.05 Å². The molecule has 3 aromatic rings. The van der Waals surface area contributed by atoms with E-state index in [1.807, 2.05) is 50.2 Å². The fourth-order valence-corrected chi connectivity index (χ4v) is 2.86. The fourth-order valence-electron chi connectivity index (χ4n) is 2.86. The Morgan fingerprint density at radius 3 is 2.50 bits per heavy atom. The molecule has 0 aliphatic rings. The average molecular weight is 291 g/mol. The summed E-state index contributed by atoms with van der Waals surface area (Å²) in [6.07, 6.45) is 0. The molecular weight excluding hydrogens is 274 g/mol. The van der Waals surface area contributed by atoms with Crippen LogP contribution in [0, 0.1) is 11.3 Å². The van der Waals surface area contributed by atoms with Crippen LogP contribution in [0.1, 0.15) is 25.5 Å². The number of imidazole rings is 1. The Balaban J connectivity index is 2.30. The van der Waals surface area contributed by atoms with Crippen molar-refractivity contribution in [1.82, 2.24) is 9.13 Å². The number of fused-ring (bicyclic) bond motifs is 1. The number of hydrogen-bond donors (Lipinski definition) is 0. The molecule has 0 aliphatic heterocycles. The normalized spacial score (nSPS) is 11.0. The molecule has 0 amide bonds. The molecule has 110 valence electrons. The van der Waals surface area contributed by atoms with E-state index in [0.717, 1.165) is 22.2 Å². The van der Waals surface area contributed by atoms with E-state index in [0.29, 0.717) is 5.56 Å². The van der Waals surface area contributed by atoms with E-state index in [-0.39, 0.29) is 11.7 Å². The summed E-state index contributed by atoms with van der Waals surface area (Å²) in [5.74, 6) is 0. The second kappa shape index (κ2) is 5.19. The minimum absolute atomic E-state index is 0.0179. The first-order chi connectivity index (χ1) is 10.5. The van der Waals surface area contributed by atoms with Gasteiger partial charge in [-0.25, -0.2) is 4.79 Å². The van der Waals surface area contributed by atoms with E-state index < -0.39 is 0 Å². The van der Waals surface area contributed by atoms with Gasteiger partial charge in [0.05, 0.1) is 22.7 Å². The van der Waals surface area contributed by atoms with Crippen molar-refractivity contribution in [2.24, 2.45) is 7.05 Å². The largest absolute Gasteiger partial charge is 0.329 e. The summed E-state index contributed by atoms with van der Waals surface area (Å²) in [4.78, 5) is 12.4. The molecule has 22 heavy (non-hydrogen) atoms. The van der Waals surface area contributed by atoms with Crippen molar-refractivity contribution < 1.29 is 0 Å². The van der Waals surface area contributed by atoms with Crippen LogP contribution in [-0.4, -0.2) is 9.13 Å². The second-order valence-corrected chi connectivity index (χ2v) is 5.67. The summed E-state index contributed by atoms with van der Waals surface area (Å²) in [6.45, 7) is 4.00. The van der Waals surface area contributed by atoms with Gasteiger partial charge in [-0.05, 0) is 43.2 Å². The first kappa shape index (κ1) is 14.2. The maximum atomic E-state index is 12.4. The number of hydrogen-bond acceptors (Lipinski definition) is 2. The third kappa shape index (κ3) is 2.03. The van der Waals surface area contributed by atoms with E-state index in [1.54, 1.807) is 22.2 Å². The molecule has 0 unspecified atom stereocenters. The fraction of sp³-hybridized carbons (Fsp3) is 0.222. The monoisotopic (exact) mass is 291 g/mol. The molecule has 0 N–H and O–H groups in total. The van der Waals surface area contributed by atoms with Crippen LogP contribution in [0.25, 0.3) is 22.2 Å². The van der Waals surface area contributed by atoms with Gasteiger partial charge in [0.25, 0.3) is 0 Å². The number of nitriles is 1. The third-order valence-electron chi connectivity index (χ3n) is 3.96. The Kier molecular flexibility index (Phi) is 3.34. The van der Waals surface area contributed by atoms with Crippen molar-refractivity contribution >= 4 is 11.0 Å². The van der Waals surface area contributed by atoms with Crippen molar-refractivity contribution in [3.05, 3.63) is 58.5 Å². The van der Waals surface area contributed by atoms with Gasteiger partial charge >= 0.3 is 5.69 Å². The van der Waals surface area contributed by atoms with Gasteiger partial charge in [-0.3, -0.25) is 9.13 Å². The molecule has 0 bridgehead atoms. The summed E-state index contributed by atoms with van der Waals surface area (Å²) in [5.41, 5.74) is 4.24. The lowest BCUT2D eigenvalue weighted by Crippen LogP contribution is -2.23. The molecule has 0 saturated heterocycles. The van der Waals surface area contributed by atoms with Crippen LogP contribution in [0.15, 0.2) is 47.3 Å². The van der Waals surface area contributed by atoms with Crippen molar-refractivity contribution in [3.63, 3.8) is 0 Å². The molecule has 3 rings (SSSR count). The first-order valence-corrected chi connectivity index (χ1v) is 7.25. The first-order valence-electron chi connectivity index (χ1n) is 7.25. The van der Waals surface area contributed by atoms with Crippen LogP contribution in [0.4, 0.5) is 0 Å². The maximum absolute atomic E-state index is 12.4. The highest BCUT2D eigenvalue weighted by Gasteiger charge is 2.14. The van der Waals surface area contributed by atoms with E-state index >= 15 is 0 Å². The highest BCUT2D eigenvalue weighted by molar-refractivity contribution is 5.84. The lowest BCUT2D eigenvalue weighted by Gasteiger charge is -2.08. The molecule has 4 heteroatoms. The highest BCUT2D eigenvalue weighted by Crippen LogP contribution is 2.27. The van der Waals surface area contributed by atoms with E-state index in [4.69, 9.17) is 0 Å². The Morgan fingerprint density at radius 2 is 1.82 bits per heavy atom. The topological polar surface area (TPSA) is 50.7 Å². The van der Waals surface area contributed by atoms with Crippen molar-refractivity contribution in [2.75, 3.05) is 0 Å². The van der Waals surface area contributed by atoms with Crippen LogP contribution < -0.4 is 5.69 Å². The zero-order chi connectivity index (χ0) is 15.9. The minimum atomic E-state index is -0.0179. The Bertz CT molecular complexity index is 955. The van der Waals surface area contributed by atoms with E-state index in [1.165, 1.54) is 0 Å². The van der Waals surface area contributed by atoms with Crippen molar-refractivity contribution in [2.45, 2.75) is 19.9 Å². The maximum Gasteiger partial charge on any atom is 0.329 e. The lowest BCUT2D eigenvalue weighted by atomic mass is 10.00. The standard InChI is InChI=1S/C18H17N3O/c1-12(2)21-16-9-8-13(10-17(16)20(3)18(21)22)15-7-5-4-6-14(15)11-19/h4-10,12H,1-3H3. The molecule has 4 nitrogen and oxygen atoms in total. The molecule has 1 heterocycles. The number of aryl methyl sites for hydroxylation is 1. The van der Waals surface area contributed by atoms with Gasteiger partial charge in [-0.15, -0.1) is 0 Å². The quantitative estimate of drug-likeness (QED) is 0.726. The van der Waals surface area contributed by atoms with Gasteiger partial charge in [0, 0.05) is 13.1 Å². The smallest absolute Gasteiger partial charge is 0.295 e. The Labute approximate surface area is 128 Å². The SMILES string of the molecule is CC(C)n1c(=O)n(C)c2cc(-c3ccccc3C#N)ccc21. The molecule has 0 radical (unpaired) electrons. The van der Waals surface area contributed by atoms with E-state index in [9.17, 15) is 10.1 Å². The van der Waals surface area contributed by atoms with Gasteiger partial charge in [0.15, 0.2) is 0 Å². The molecule has 0 spiro atoms. The van der Waals surface area contributed by atoms with Gasteiger partial charge < -0.3 is 0 Å². The number of nitrogens with zero attached hydrogens (tertiary/aromatic N) is 3. The number of benzene rings is 2. The molecule has 0 fully saturated rings. The minimum Gasteiger partial charge on any atom is -0.295 e. The van der Waals surface area contributed by atoms with Gasteiger partial charge in [-0.1, -0.05) is 24.3 Å². The number of aromatic nitrogens is 2. The molecule has 0 saturated carbocycles. The lowest BCUT2D eigenvalue weighted by molar-refractivity contribution is 0.583. The Hall–Kier alpha value is -2.80. The van der Waals surface area contributed by atoms with Crippen LogP contribution in [0.2, 0.25) is 0 Å². The third-order valence-corrected chi connectivity index (χ3v) is 3.96. The molecule has 1 aromatic heterocycles. The zero-order valence-electron chi connectivity index (χ0n) is 12.9. The Morgan fingerprint density at radius 1 is 1.09 bits per heavy atom. The van der Waals surface area contributed by atoms with Gasteiger partial charge in [0.1, 0.15) is 0 Å². The highest BCUT2D eigenvalue weighted by atomic mass is 16.1. The zero-order valence-corrected chi connectivity index (χ0v) is 12.9. The average Bonchev–Trinajstić information content (AvgIpc) is 2.78. The summed E-state index contributed by atoms with van der Waals surface area (Å²) in [5, 5.41) is 9.26.